The van der Waals surface area contributed by atoms with Crippen LogP contribution in [-0.2, 0) is 13.0 Å². The second kappa shape index (κ2) is 7.63. The van der Waals surface area contributed by atoms with Gasteiger partial charge in [-0.05, 0) is 41.8 Å². The predicted octanol–water partition coefficient (Wildman–Crippen LogP) is 3.38. The SMILES string of the molecule is CCc1cccc(NC(N)=NCc2ccc(N(C)C)c(F)c2)c1. The van der Waals surface area contributed by atoms with Crippen LogP contribution in [0.5, 0.6) is 0 Å². The minimum Gasteiger partial charge on any atom is -0.375 e. The number of nitrogens with zero attached hydrogens (tertiary/aromatic N) is 2. The van der Waals surface area contributed by atoms with Crippen LogP contribution in [0.25, 0.3) is 0 Å². The van der Waals surface area contributed by atoms with Crippen molar-refractivity contribution in [2.24, 2.45) is 10.7 Å². The fraction of sp³-hybridized carbons (Fsp3) is 0.278. The summed E-state index contributed by atoms with van der Waals surface area (Å²) in [5.74, 6) is 0.0558. The average molecular weight is 314 g/mol. The molecule has 2 rings (SSSR count). The van der Waals surface area contributed by atoms with Gasteiger partial charge in [0, 0.05) is 19.8 Å². The van der Waals surface area contributed by atoms with Gasteiger partial charge in [0.1, 0.15) is 5.82 Å². The van der Waals surface area contributed by atoms with E-state index in [2.05, 4.69) is 23.3 Å². The molecule has 0 aliphatic rings. The van der Waals surface area contributed by atoms with Crippen LogP contribution in [0.4, 0.5) is 15.8 Å². The second-order valence-electron chi connectivity index (χ2n) is 5.56. The Bertz CT molecular complexity index is 695. The first-order valence-corrected chi connectivity index (χ1v) is 7.61. The zero-order chi connectivity index (χ0) is 16.8. The largest absolute Gasteiger partial charge is 0.375 e. The van der Waals surface area contributed by atoms with Crippen molar-refractivity contribution in [1.29, 1.82) is 0 Å². The standard InChI is InChI=1S/C18H23FN4/c1-4-13-6-5-7-15(10-13)22-18(20)21-12-14-8-9-17(23(2)3)16(19)11-14/h5-11H,4,12H2,1-3H3,(H3,20,21,22). The Hall–Kier alpha value is -2.56. The molecule has 5 heteroatoms. The molecule has 3 N–H and O–H groups in total. The van der Waals surface area contributed by atoms with Gasteiger partial charge in [-0.15, -0.1) is 0 Å². The predicted molar refractivity (Wildman–Crippen MR) is 95.5 cm³/mol. The maximum atomic E-state index is 13.9. The molecule has 23 heavy (non-hydrogen) atoms. The fourth-order valence-electron chi connectivity index (χ4n) is 2.24. The van der Waals surface area contributed by atoms with Crippen LogP contribution in [0.2, 0.25) is 0 Å². The summed E-state index contributed by atoms with van der Waals surface area (Å²) in [5.41, 5.74) is 9.36. The van der Waals surface area contributed by atoms with E-state index < -0.39 is 0 Å². The Kier molecular flexibility index (Phi) is 5.57. The summed E-state index contributed by atoms with van der Waals surface area (Å²) in [6.45, 7) is 2.43. The molecule has 0 unspecified atom stereocenters. The Labute approximate surface area is 136 Å². The number of rotatable bonds is 5. The minimum absolute atomic E-state index is 0.259. The van der Waals surface area contributed by atoms with Crippen LogP contribution in [0, 0.1) is 5.82 Å². The zero-order valence-corrected chi connectivity index (χ0v) is 13.8. The van der Waals surface area contributed by atoms with Crippen LogP contribution in [0.3, 0.4) is 0 Å². The van der Waals surface area contributed by atoms with Gasteiger partial charge in [-0.1, -0.05) is 25.1 Å². The minimum atomic E-state index is -0.259. The number of aliphatic imine (C=N–C) groups is 1. The third-order valence-corrected chi connectivity index (χ3v) is 3.53. The smallest absolute Gasteiger partial charge is 0.193 e. The number of nitrogens with two attached hydrogens (primary N) is 1. The topological polar surface area (TPSA) is 53.6 Å². The van der Waals surface area contributed by atoms with E-state index in [9.17, 15) is 4.39 Å². The fourth-order valence-corrected chi connectivity index (χ4v) is 2.24. The van der Waals surface area contributed by atoms with Crippen LogP contribution in [0.1, 0.15) is 18.1 Å². The zero-order valence-electron chi connectivity index (χ0n) is 13.8. The molecule has 0 fully saturated rings. The number of hydrogen-bond acceptors (Lipinski definition) is 2. The van der Waals surface area contributed by atoms with E-state index in [1.807, 2.05) is 38.4 Å². The van der Waals surface area contributed by atoms with Crippen molar-refractivity contribution in [3.05, 3.63) is 59.4 Å². The quantitative estimate of drug-likeness (QED) is 0.657. The molecule has 0 bridgehead atoms. The van der Waals surface area contributed by atoms with Gasteiger partial charge in [0.15, 0.2) is 5.96 Å². The van der Waals surface area contributed by atoms with Gasteiger partial charge < -0.3 is 16.0 Å². The Balaban J connectivity index is 2.03. The third kappa shape index (κ3) is 4.71. The van der Waals surface area contributed by atoms with Crippen molar-refractivity contribution in [2.45, 2.75) is 19.9 Å². The van der Waals surface area contributed by atoms with Crippen molar-refractivity contribution in [2.75, 3.05) is 24.3 Å². The molecule has 0 aliphatic heterocycles. The first-order valence-electron chi connectivity index (χ1n) is 7.61. The van der Waals surface area contributed by atoms with E-state index in [0.29, 0.717) is 18.2 Å². The monoisotopic (exact) mass is 314 g/mol. The lowest BCUT2D eigenvalue weighted by Gasteiger charge is -2.13. The summed E-state index contributed by atoms with van der Waals surface area (Å²) in [7, 11) is 3.62. The Morgan fingerprint density at radius 2 is 1.96 bits per heavy atom. The molecule has 0 aromatic heterocycles. The molecule has 0 saturated heterocycles. The van der Waals surface area contributed by atoms with Crippen molar-refractivity contribution < 1.29 is 4.39 Å². The highest BCUT2D eigenvalue weighted by Gasteiger charge is 2.05. The van der Waals surface area contributed by atoms with Crippen molar-refractivity contribution >= 4 is 17.3 Å². The van der Waals surface area contributed by atoms with Gasteiger partial charge in [0.05, 0.1) is 12.2 Å². The summed E-state index contributed by atoms with van der Waals surface area (Å²) < 4.78 is 13.9. The van der Waals surface area contributed by atoms with E-state index in [4.69, 9.17) is 5.73 Å². The third-order valence-electron chi connectivity index (χ3n) is 3.53. The van der Waals surface area contributed by atoms with Crippen LogP contribution in [0.15, 0.2) is 47.5 Å². The number of aryl methyl sites for hydroxylation is 1. The summed E-state index contributed by atoms with van der Waals surface area (Å²) in [5, 5.41) is 3.06. The Morgan fingerprint density at radius 1 is 1.17 bits per heavy atom. The van der Waals surface area contributed by atoms with Gasteiger partial charge in [0.25, 0.3) is 0 Å². The molecule has 4 nitrogen and oxygen atoms in total. The number of hydrogen-bond donors (Lipinski definition) is 2. The molecular weight excluding hydrogens is 291 g/mol. The highest BCUT2D eigenvalue weighted by Crippen LogP contribution is 2.18. The van der Waals surface area contributed by atoms with Crippen LogP contribution >= 0.6 is 0 Å². The van der Waals surface area contributed by atoms with Crippen LogP contribution < -0.4 is 16.0 Å². The van der Waals surface area contributed by atoms with Crippen LogP contribution in [-0.4, -0.2) is 20.1 Å². The normalized spacial score (nSPS) is 11.4. The second-order valence-corrected chi connectivity index (χ2v) is 5.56. The van der Waals surface area contributed by atoms with E-state index in [-0.39, 0.29) is 5.82 Å². The summed E-state index contributed by atoms with van der Waals surface area (Å²) >= 11 is 0. The lowest BCUT2D eigenvalue weighted by Crippen LogP contribution is -2.22. The lowest BCUT2D eigenvalue weighted by molar-refractivity contribution is 0.624. The maximum Gasteiger partial charge on any atom is 0.193 e. The first kappa shape index (κ1) is 16.8. The average Bonchev–Trinajstić information content (AvgIpc) is 2.53. The van der Waals surface area contributed by atoms with E-state index in [0.717, 1.165) is 17.7 Å². The number of anilines is 2. The van der Waals surface area contributed by atoms with Gasteiger partial charge in [0.2, 0.25) is 0 Å². The molecule has 0 radical (unpaired) electrons. The first-order chi connectivity index (χ1) is 11.0. The number of benzene rings is 2. The number of guanidine groups is 1. The number of nitrogens with one attached hydrogen (secondary N) is 1. The molecule has 2 aromatic carbocycles. The molecular formula is C18H23FN4. The van der Waals surface area contributed by atoms with Crippen molar-refractivity contribution in [3.8, 4) is 0 Å². The van der Waals surface area contributed by atoms with Gasteiger partial charge in [-0.2, -0.15) is 0 Å². The lowest BCUT2D eigenvalue weighted by atomic mass is 10.1. The van der Waals surface area contributed by atoms with Crippen molar-refractivity contribution in [1.82, 2.24) is 0 Å². The molecule has 0 amide bonds. The molecule has 0 aliphatic carbocycles. The molecule has 122 valence electrons. The summed E-state index contributed by atoms with van der Waals surface area (Å²) in [6, 6.07) is 13.1. The highest BCUT2D eigenvalue weighted by molar-refractivity contribution is 5.92. The summed E-state index contributed by atoms with van der Waals surface area (Å²) in [6.07, 6.45) is 0.962. The van der Waals surface area contributed by atoms with E-state index >= 15 is 0 Å². The van der Waals surface area contributed by atoms with Gasteiger partial charge in [-0.25, -0.2) is 9.38 Å². The molecule has 0 heterocycles. The molecule has 0 atom stereocenters. The maximum absolute atomic E-state index is 13.9. The summed E-state index contributed by atoms with van der Waals surface area (Å²) in [4.78, 5) is 6.00. The molecule has 0 saturated carbocycles. The van der Waals surface area contributed by atoms with E-state index in [1.165, 1.54) is 11.6 Å². The molecule has 2 aromatic rings. The number of halogens is 1. The highest BCUT2D eigenvalue weighted by atomic mass is 19.1. The van der Waals surface area contributed by atoms with Gasteiger partial charge >= 0.3 is 0 Å². The Morgan fingerprint density at radius 3 is 2.61 bits per heavy atom. The van der Waals surface area contributed by atoms with E-state index in [1.54, 1.807) is 11.0 Å². The van der Waals surface area contributed by atoms with Crippen molar-refractivity contribution in [3.63, 3.8) is 0 Å². The van der Waals surface area contributed by atoms with Gasteiger partial charge in [-0.3, -0.25) is 0 Å². The molecule has 0 spiro atoms.